The molecule has 2 atom stereocenters. The number of ether oxygens (including phenoxy) is 3. The topological polar surface area (TPSA) is 94.2 Å². The van der Waals surface area contributed by atoms with Crippen LogP contribution in [0.4, 0.5) is 5.69 Å². The number of esters is 1. The molecule has 1 heterocycles. The van der Waals surface area contributed by atoms with E-state index in [1.54, 1.807) is 24.3 Å². The van der Waals surface area contributed by atoms with Crippen molar-refractivity contribution in [3.63, 3.8) is 0 Å². The van der Waals surface area contributed by atoms with E-state index >= 15 is 0 Å². The summed E-state index contributed by atoms with van der Waals surface area (Å²) in [6.45, 7) is 2.39. The molecule has 1 aliphatic heterocycles. The second kappa shape index (κ2) is 9.19. The number of nitrogens with zero attached hydrogens (tertiary/aromatic N) is 1. The zero-order valence-electron chi connectivity index (χ0n) is 15.2. The van der Waals surface area contributed by atoms with Gasteiger partial charge in [0.1, 0.15) is 5.75 Å². The van der Waals surface area contributed by atoms with Crippen molar-refractivity contribution in [2.45, 2.75) is 19.4 Å². The molecule has 1 N–H and O–H groups in total. The van der Waals surface area contributed by atoms with Crippen LogP contribution in [0.3, 0.4) is 0 Å². The van der Waals surface area contributed by atoms with Gasteiger partial charge in [0, 0.05) is 26.6 Å². The maximum Gasteiger partial charge on any atom is 0.312 e. The average molecular weight is 364 g/mol. The highest BCUT2D eigenvalue weighted by molar-refractivity contribution is 6.00. The molecule has 26 heavy (non-hydrogen) atoms. The number of carbonyl (C=O) groups is 3. The second-order valence-electron chi connectivity index (χ2n) is 5.94. The van der Waals surface area contributed by atoms with Gasteiger partial charge in [-0.1, -0.05) is 12.1 Å². The molecule has 0 radical (unpaired) electrons. The van der Waals surface area contributed by atoms with Crippen LogP contribution in [0.5, 0.6) is 5.75 Å². The van der Waals surface area contributed by atoms with E-state index in [9.17, 15) is 14.4 Å². The van der Waals surface area contributed by atoms with Gasteiger partial charge in [0.25, 0.3) is 5.91 Å². The van der Waals surface area contributed by atoms with Gasteiger partial charge in [-0.15, -0.1) is 0 Å². The highest BCUT2D eigenvalue weighted by Crippen LogP contribution is 2.33. The average Bonchev–Trinajstić information content (AvgIpc) is 3.03. The van der Waals surface area contributed by atoms with E-state index in [4.69, 9.17) is 14.2 Å². The van der Waals surface area contributed by atoms with Gasteiger partial charge >= 0.3 is 5.97 Å². The van der Waals surface area contributed by atoms with Crippen molar-refractivity contribution in [3.05, 3.63) is 24.3 Å². The van der Waals surface area contributed by atoms with Crippen LogP contribution in [0.15, 0.2) is 24.3 Å². The van der Waals surface area contributed by atoms with Gasteiger partial charge in [0.05, 0.1) is 25.3 Å². The van der Waals surface area contributed by atoms with Crippen LogP contribution >= 0.6 is 0 Å². The standard InChI is InChI=1S/C18H24N2O6/c1-12(17(22)19-8-9-24-2)26-18(23)13-10-16(21)20(11-13)14-6-4-5-7-15(14)25-3/h4-7,12-13H,8-11H2,1-3H3,(H,19,22)/t12-,13-/m1/s1. The van der Waals surface area contributed by atoms with Crippen LogP contribution in [-0.4, -0.2) is 57.8 Å². The van der Waals surface area contributed by atoms with Crippen LogP contribution in [-0.2, 0) is 23.9 Å². The molecule has 0 spiro atoms. The molecule has 0 saturated carbocycles. The Labute approximate surface area is 152 Å². The molecule has 1 fully saturated rings. The molecule has 2 rings (SSSR count). The van der Waals surface area contributed by atoms with E-state index in [1.165, 1.54) is 26.0 Å². The molecule has 1 aromatic carbocycles. The SMILES string of the molecule is COCCNC(=O)[C@@H](C)OC(=O)[C@@H]1CC(=O)N(c2ccccc2OC)C1. The zero-order valence-corrected chi connectivity index (χ0v) is 15.2. The Morgan fingerprint density at radius 2 is 2.04 bits per heavy atom. The largest absolute Gasteiger partial charge is 0.495 e. The normalized spacial score (nSPS) is 17.7. The van der Waals surface area contributed by atoms with Crippen LogP contribution in [0.25, 0.3) is 0 Å². The van der Waals surface area contributed by atoms with Crippen molar-refractivity contribution < 1.29 is 28.6 Å². The Bertz CT molecular complexity index is 663. The lowest BCUT2D eigenvalue weighted by molar-refractivity contribution is -0.158. The number of carbonyl (C=O) groups excluding carboxylic acids is 3. The lowest BCUT2D eigenvalue weighted by Gasteiger charge is -2.19. The van der Waals surface area contributed by atoms with E-state index in [-0.39, 0.29) is 18.9 Å². The first-order valence-corrected chi connectivity index (χ1v) is 8.38. The first kappa shape index (κ1) is 19.7. The highest BCUT2D eigenvalue weighted by Gasteiger charge is 2.38. The molecule has 0 unspecified atom stereocenters. The summed E-state index contributed by atoms with van der Waals surface area (Å²) in [5, 5.41) is 2.60. The van der Waals surface area contributed by atoms with Crippen LogP contribution in [0.2, 0.25) is 0 Å². The summed E-state index contributed by atoms with van der Waals surface area (Å²) in [6.07, 6.45) is -0.899. The van der Waals surface area contributed by atoms with Gasteiger partial charge in [-0.05, 0) is 19.1 Å². The Kier molecular flexibility index (Phi) is 6.97. The molecule has 0 aromatic heterocycles. The van der Waals surface area contributed by atoms with E-state index < -0.39 is 23.9 Å². The number of amides is 2. The summed E-state index contributed by atoms with van der Waals surface area (Å²) >= 11 is 0. The molecule has 8 heteroatoms. The van der Waals surface area contributed by atoms with E-state index in [0.717, 1.165) is 0 Å². The summed E-state index contributed by atoms with van der Waals surface area (Å²) in [5.74, 6) is -1.22. The van der Waals surface area contributed by atoms with Gasteiger partial charge in [-0.25, -0.2) is 0 Å². The minimum Gasteiger partial charge on any atom is -0.495 e. The number of rotatable bonds is 8. The second-order valence-corrected chi connectivity index (χ2v) is 5.94. The van der Waals surface area contributed by atoms with Gasteiger partial charge in [-0.3, -0.25) is 14.4 Å². The van der Waals surface area contributed by atoms with E-state index in [0.29, 0.717) is 24.6 Å². The zero-order chi connectivity index (χ0) is 19.1. The quantitative estimate of drug-likeness (QED) is 0.540. The fourth-order valence-electron chi connectivity index (χ4n) is 2.70. The third kappa shape index (κ3) is 4.72. The van der Waals surface area contributed by atoms with Gasteiger partial charge in [-0.2, -0.15) is 0 Å². The smallest absolute Gasteiger partial charge is 0.312 e. The van der Waals surface area contributed by atoms with Gasteiger partial charge in [0.2, 0.25) is 5.91 Å². The van der Waals surface area contributed by atoms with Crippen molar-refractivity contribution in [2.75, 3.05) is 38.8 Å². The number of anilines is 1. The number of methoxy groups -OCH3 is 2. The summed E-state index contributed by atoms with van der Waals surface area (Å²) in [7, 11) is 3.05. The van der Waals surface area contributed by atoms with Crippen molar-refractivity contribution in [3.8, 4) is 5.75 Å². The predicted molar refractivity (Wildman–Crippen MR) is 93.9 cm³/mol. The third-order valence-electron chi connectivity index (χ3n) is 4.10. The molecule has 0 bridgehead atoms. The number of para-hydroxylation sites is 2. The minimum atomic E-state index is -0.935. The lowest BCUT2D eigenvalue weighted by Crippen LogP contribution is -2.38. The maximum absolute atomic E-state index is 12.3. The Morgan fingerprint density at radius 3 is 2.73 bits per heavy atom. The van der Waals surface area contributed by atoms with Crippen molar-refractivity contribution in [1.29, 1.82) is 0 Å². The summed E-state index contributed by atoms with van der Waals surface area (Å²) in [6, 6.07) is 7.11. The molecule has 8 nitrogen and oxygen atoms in total. The van der Waals surface area contributed by atoms with E-state index in [2.05, 4.69) is 5.32 Å². The molecule has 142 valence electrons. The van der Waals surface area contributed by atoms with Crippen LogP contribution in [0, 0.1) is 5.92 Å². The Morgan fingerprint density at radius 1 is 1.31 bits per heavy atom. The molecule has 1 saturated heterocycles. The van der Waals surface area contributed by atoms with Crippen molar-refractivity contribution >= 4 is 23.5 Å². The van der Waals surface area contributed by atoms with Crippen molar-refractivity contribution in [2.24, 2.45) is 5.92 Å². The summed E-state index contributed by atoms with van der Waals surface area (Å²) < 4.78 is 15.3. The fraction of sp³-hybridized carbons (Fsp3) is 0.500. The fourth-order valence-corrected chi connectivity index (χ4v) is 2.70. The van der Waals surface area contributed by atoms with Crippen molar-refractivity contribution in [1.82, 2.24) is 5.32 Å². The molecule has 2 amide bonds. The number of nitrogens with one attached hydrogen (secondary N) is 1. The molecule has 1 aliphatic rings. The van der Waals surface area contributed by atoms with Crippen LogP contribution < -0.4 is 15.0 Å². The Balaban J connectivity index is 1.95. The monoisotopic (exact) mass is 364 g/mol. The molecular weight excluding hydrogens is 340 g/mol. The maximum atomic E-state index is 12.3. The number of benzene rings is 1. The number of hydrogen-bond acceptors (Lipinski definition) is 6. The molecule has 0 aliphatic carbocycles. The van der Waals surface area contributed by atoms with Gasteiger partial charge in [0.15, 0.2) is 6.10 Å². The van der Waals surface area contributed by atoms with Crippen LogP contribution in [0.1, 0.15) is 13.3 Å². The Hall–Kier alpha value is -2.61. The minimum absolute atomic E-state index is 0.0366. The van der Waals surface area contributed by atoms with E-state index in [1.807, 2.05) is 0 Å². The van der Waals surface area contributed by atoms with Gasteiger partial charge < -0.3 is 24.4 Å². The number of hydrogen-bond donors (Lipinski definition) is 1. The first-order chi connectivity index (χ1) is 12.5. The summed E-state index contributed by atoms with van der Waals surface area (Å²) in [5.41, 5.74) is 0.612. The highest BCUT2D eigenvalue weighted by atomic mass is 16.5. The third-order valence-corrected chi connectivity index (χ3v) is 4.10. The summed E-state index contributed by atoms with van der Waals surface area (Å²) in [4.78, 5) is 38.0. The molecule has 1 aromatic rings. The lowest BCUT2D eigenvalue weighted by atomic mass is 10.1. The molecular formula is C18H24N2O6. The predicted octanol–water partition coefficient (Wildman–Crippen LogP) is 0.742. The first-order valence-electron chi connectivity index (χ1n) is 8.38.